The molecule has 6 rings (SSSR count). The van der Waals surface area contributed by atoms with E-state index < -0.39 is 76.7 Å². The number of nitrogens with one attached hydrogen (secondary N) is 1. The summed E-state index contributed by atoms with van der Waals surface area (Å²) in [4.78, 5) is 47.2. The van der Waals surface area contributed by atoms with E-state index in [1.54, 1.807) is 58.9 Å². The molecule has 4 aromatic rings. The summed E-state index contributed by atoms with van der Waals surface area (Å²) in [6.07, 6.45) is 3.60. The Morgan fingerprint density at radius 2 is 1.56 bits per heavy atom. The number of aromatic nitrogens is 1. The fourth-order valence-corrected chi connectivity index (χ4v) is 7.58. The van der Waals surface area contributed by atoms with Gasteiger partial charge in [-0.05, 0) is 38.5 Å². The number of fused-ring (bicyclic) bond motifs is 2. The number of ether oxygens (including phenoxy) is 3. The van der Waals surface area contributed by atoms with Crippen molar-refractivity contribution in [1.29, 1.82) is 0 Å². The molecule has 4 bridgehead atoms. The summed E-state index contributed by atoms with van der Waals surface area (Å²) in [7, 11) is 1.45. The van der Waals surface area contributed by atoms with Gasteiger partial charge in [-0.15, -0.1) is 0 Å². The Bertz CT molecular complexity index is 2360. The van der Waals surface area contributed by atoms with Crippen molar-refractivity contribution < 1.29 is 48.6 Å². The molecule has 0 spiro atoms. The number of aliphatic hydroxyl groups is 3. The molecule has 1 amide bonds. The predicted octanol–water partition coefficient (Wildman–Crippen LogP) is 5.74. The van der Waals surface area contributed by atoms with Crippen molar-refractivity contribution in [2.75, 3.05) is 12.4 Å². The molecular weight excluding hydrogens is 708 g/mol. The third-order valence-electron chi connectivity index (χ3n) is 11.3. The molecule has 0 radical (unpaired) electrons. The number of allylic oxidation sites excluding steroid dienone is 2. The van der Waals surface area contributed by atoms with Gasteiger partial charge in [0.15, 0.2) is 22.3 Å². The van der Waals surface area contributed by atoms with E-state index >= 15 is 0 Å². The first-order valence-corrected chi connectivity index (χ1v) is 18.3. The molecular formula is C42H48N2O11. The van der Waals surface area contributed by atoms with Crippen molar-refractivity contribution in [3.8, 4) is 11.5 Å². The van der Waals surface area contributed by atoms with Crippen LogP contribution in [0.2, 0.25) is 0 Å². The number of para-hydroxylation sites is 1. The Labute approximate surface area is 317 Å². The predicted molar refractivity (Wildman–Crippen MR) is 207 cm³/mol. The summed E-state index contributed by atoms with van der Waals surface area (Å²) in [5.74, 6) is -6.37. The van der Waals surface area contributed by atoms with Crippen molar-refractivity contribution in [1.82, 2.24) is 4.98 Å². The van der Waals surface area contributed by atoms with Crippen LogP contribution >= 0.6 is 0 Å². The summed E-state index contributed by atoms with van der Waals surface area (Å²) < 4.78 is 24.1. The second-order valence-electron chi connectivity index (χ2n) is 15.1. The highest BCUT2D eigenvalue weighted by Gasteiger charge is 2.49. The fourth-order valence-electron chi connectivity index (χ4n) is 7.58. The molecule has 0 saturated carbocycles. The van der Waals surface area contributed by atoms with Crippen LogP contribution in [0.4, 0.5) is 5.69 Å². The van der Waals surface area contributed by atoms with Crippen LogP contribution in [0.5, 0.6) is 11.5 Å². The van der Waals surface area contributed by atoms with Gasteiger partial charge in [0.1, 0.15) is 22.5 Å². The minimum atomic E-state index is -1.99. The number of carbonyl (C=O) groups is 2. The van der Waals surface area contributed by atoms with Gasteiger partial charge in [-0.2, -0.15) is 0 Å². The van der Waals surface area contributed by atoms with Gasteiger partial charge in [0, 0.05) is 54.2 Å². The SMILES string of the molecule is CO[C@H]1/C=C/O[C@@]2(C)Oc3c(C)c(=O)c4c(O)c(c5oc6cccc(C)c6nc5c4c3C2=O)NC(=O)/C(C)=C\C=C\[C@H](C)[C@H](O)[C@@H](C)[C@@H](O)[C@@H](C)[C@H](O)[C@@H]1C. The number of rotatable bonds is 1. The minimum Gasteiger partial charge on any atom is -0.505 e. The van der Waals surface area contributed by atoms with Crippen LogP contribution < -0.4 is 15.5 Å². The van der Waals surface area contributed by atoms with Crippen LogP contribution in [-0.2, 0) is 14.3 Å². The van der Waals surface area contributed by atoms with Gasteiger partial charge in [-0.3, -0.25) is 14.4 Å². The highest BCUT2D eigenvalue weighted by atomic mass is 16.7. The average Bonchev–Trinajstić information content (AvgIpc) is 3.43. The number of anilines is 1. The second kappa shape index (κ2) is 14.9. The van der Waals surface area contributed by atoms with Crippen molar-refractivity contribution in [3.05, 3.63) is 81.3 Å². The maximum atomic E-state index is 14.5. The maximum absolute atomic E-state index is 14.5. The number of aliphatic hydroxyl groups excluding tert-OH is 3. The fraction of sp³-hybridized carbons (Fsp3) is 0.429. The molecule has 3 aromatic carbocycles. The molecule has 1 aromatic heterocycles. The number of methoxy groups -OCH3 is 1. The van der Waals surface area contributed by atoms with E-state index in [1.807, 2.05) is 13.0 Å². The normalized spacial score (nSPS) is 31.6. The zero-order valence-electron chi connectivity index (χ0n) is 32.3. The van der Waals surface area contributed by atoms with E-state index in [4.69, 9.17) is 23.6 Å². The summed E-state index contributed by atoms with van der Waals surface area (Å²) in [5, 5.41) is 48.1. The second-order valence-corrected chi connectivity index (χ2v) is 15.1. The van der Waals surface area contributed by atoms with E-state index in [-0.39, 0.29) is 50.0 Å². The van der Waals surface area contributed by atoms with E-state index in [2.05, 4.69) is 5.32 Å². The molecule has 0 saturated heterocycles. The number of phenolic OH excluding ortho intramolecular Hbond substituents is 1. The van der Waals surface area contributed by atoms with Crippen molar-refractivity contribution in [3.63, 3.8) is 0 Å². The number of carbonyl (C=O) groups excluding carboxylic acids is 2. The Kier molecular flexibility index (Phi) is 10.7. The molecule has 2 aliphatic rings. The van der Waals surface area contributed by atoms with E-state index in [9.17, 15) is 34.8 Å². The van der Waals surface area contributed by atoms with Gasteiger partial charge in [-0.25, -0.2) is 4.98 Å². The number of Topliss-reactive ketones (excluding diaryl/α,β-unsaturated/α-hetero) is 1. The maximum Gasteiger partial charge on any atom is 0.312 e. The van der Waals surface area contributed by atoms with Gasteiger partial charge < -0.3 is 44.4 Å². The number of amides is 1. The summed E-state index contributed by atoms with van der Waals surface area (Å²) in [6, 6.07) is 5.25. The van der Waals surface area contributed by atoms with Crippen LogP contribution in [0.25, 0.3) is 33.0 Å². The van der Waals surface area contributed by atoms with Crippen LogP contribution in [0.3, 0.4) is 0 Å². The molecule has 5 N–H and O–H groups in total. The zero-order valence-corrected chi connectivity index (χ0v) is 32.3. The topological polar surface area (TPSA) is 198 Å². The third kappa shape index (κ3) is 6.69. The van der Waals surface area contributed by atoms with Crippen LogP contribution in [0.15, 0.2) is 63.6 Å². The molecule has 55 heavy (non-hydrogen) atoms. The Balaban J connectivity index is 1.60. The van der Waals surface area contributed by atoms with Gasteiger partial charge in [0.2, 0.25) is 0 Å². The molecule has 0 fully saturated rings. The molecule has 13 nitrogen and oxygen atoms in total. The minimum absolute atomic E-state index is 0.0179. The number of nitrogens with zero attached hydrogens (tertiary/aromatic N) is 1. The van der Waals surface area contributed by atoms with Gasteiger partial charge in [-0.1, -0.05) is 58.1 Å². The molecule has 13 heteroatoms. The lowest BCUT2D eigenvalue weighted by atomic mass is 9.78. The lowest BCUT2D eigenvalue weighted by molar-refractivity contribution is -0.112. The molecule has 0 unspecified atom stereocenters. The number of ketones is 1. The molecule has 292 valence electrons. The van der Waals surface area contributed by atoms with Gasteiger partial charge in [0.05, 0.1) is 41.6 Å². The standard InChI is InChI=1S/C42H48N2O11/c1-18-12-11-15-26-30(18)43-31-27-28-36(48)24(7)38-29(27)40(50)42(8,55-38)53-17-16-25(52-9)21(4)34(46)23(6)35(47)22(5)33(45)19(2)13-10-14-20(3)41(51)44-32(37(28)49)39(31)54-26/h10-17,19,21-23,25,33-35,45-47,49H,1-9H3,(H,44,51)/b13-10+,17-16+,20-14-/t19-,21+,22+,23-,25-,33-,34+,35+,42-/m0/s1. The monoisotopic (exact) mass is 756 g/mol. The molecule has 3 heterocycles. The zero-order chi connectivity index (χ0) is 40.3. The van der Waals surface area contributed by atoms with Crippen molar-refractivity contribution in [2.24, 2.45) is 23.7 Å². The van der Waals surface area contributed by atoms with Crippen LogP contribution in [0.1, 0.15) is 63.0 Å². The van der Waals surface area contributed by atoms with E-state index in [0.717, 1.165) is 5.56 Å². The van der Waals surface area contributed by atoms with Gasteiger partial charge >= 0.3 is 5.79 Å². The lowest BCUT2D eigenvalue weighted by Crippen LogP contribution is -2.44. The molecule has 9 atom stereocenters. The highest BCUT2D eigenvalue weighted by molar-refractivity contribution is 6.26. The highest BCUT2D eigenvalue weighted by Crippen LogP contribution is 2.48. The number of hydrogen-bond acceptors (Lipinski definition) is 12. The summed E-state index contributed by atoms with van der Waals surface area (Å²) in [6.45, 7) is 13.1. The first-order valence-electron chi connectivity index (χ1n) is 18.3. The van der Waals surface area contributed by atoms with Crippen molar-refractivity contribution in [2.45, 2.75) is 85.6 Å². The number of phenols is 1. The quantitative estimate of drug-likeness (QED) is 0.0899. The van der Waals surface area contributed by atoms with E-state index in [0.29, 0.717) is 11.1 Å². The Hall–Kier alpha value is -5.08. The Morgan fingerprint density at radius 1 is 0.891 bits per heavy atom. The smallest absolute Gasteiger partial charge is 0.312 e. The summed E-state index contributed by atoms with van der Waals surface area (Å²) >= 11 is 0. The Morgan fingerprint density at radius 3 is 2.25 bits per heavy atom. The largest absolute Gasteiger partial charge is 0.505 e. The van der Waals surface area contributed by atoms with Gasteiger partial charge in [0.25, 0.3) is 11.7 Å². The molecule has 2 aliphatic heterocycles. The van der Waals surface area contributed by atoms with Crippen molar-refractivity contribution >= 4 is 50.3 Å². The first kappa shape index (κ1) is 39.6. The first-order chi connectivity index (χ1) is 25.9. The number of benzene rings is 3. The van der Waals surface area contributed by atoms with E-state index in [1.165, 1.54) is 39.4 Å². The average molecular weight is 757 g/mol. The number of aryl methyl sites for hydroxylation is 1. The number of hydrogen-bond donors (Lipinski definition) is 5. The lowest BCUT2D eigenvalue weighted by Gasteiger charge is -2.36. The van der Waals surface area contributed by atoms with Crippen LogP contribution in [0, 0.1) is 37.5 Å². The summed E-state index contributed by atoms with van der Waals surface area (Å²) in [5.41, 5.74) is 0.703. The third-order valence-corrected chi connectivity index (χ3v) is 11.3. The van der Waals surface area contributed by atoms with Crippen LogP contribution in [-0.4, -0.2) is 74.4 Å². The number of aromatic hydroxyl groups is 1. The molecule has 0 aliphatic carbocycles.